The van der Waals surface area contributed by atoms with Crippen LogP contribution in [0, 0.1) is 36.0 Å². The van der Waals surface area contributed by atoms with Gasteiger partial charge in [0.25, 0.3) is 6.47 Å². The van der Waals surface area contributed by atoms with Crippen LogP contribution in [0.3, 0.4) is 0 Å². The Hall–Kier alpha value is -4.52. The van der Waals surface area contributed by atoms with Crippen molar-refractivity contribution >= 4 is 35.9 Å². The van der Waals surface area contributed by atoms with E-state index in [0.717, 1.165) is 50.4 Å². The van der Waals surface area contributed by atoms with E-state index in [9.17, 15) is 31.5 Å². The number of rotatable bonds is 11. The smallest absolute Gasteiger partial charge is 0.293 e. The lowest BCUT2D eigenvalue weighted by atomic mass is 9.99. The van der Waals surface area contributed by atoms with Crippen LogP contribution in [0.1, 0.15) is 35.6 Å². The molecule has 268 valence electrons. The average Bonchev–Trinajstić information content (AvgIpc) is 3.15. The Kier molecular flexibility index (Phi) is 19.8. The molecule has 50 heavy (non-hydrogen) atoms. The minimum absolute atomic E-state index is 0.365. The standard InChI is InChI=1S/C15H21NO.C8H9NO.C8H8O2.C7H3F5S/c1-2-16-10-7-13-3-5-14(6-4-13)15-8-11-17-12-9-15;1-7-2-4-8(5-3-7)9-6-10;9-7-10-6-8-4-2-1-3-5-8;1-13-7-5(11)3(9)2(8)4(10)6(7)12/h3-6,8,16H,2,7,9-12H2,1H3;2-6H,1H3,(H,9,10);1-5,7H,6H2;1H3. The van der Waals surface area contributed by atoms with Gasteiger partial charge in [0.15, 0.2) is 23.3 Å². The highest BCUT2D eigenvalue weighted by molar-refractivity contribution is 7.98. The summed E-state index contributed by atoms with van der Waals surface area (Å²) in [5.41, 5.74) is 7.21. The fourth-order valence-electron chi connectivity index (χ4n) is 4.27. The van der Waals surface area contributed by atoms with Crippen molar-refractivity contribution in [3.8, 4) is 0 Å². The summed E-state index contributed by atoms with van der Waals surface area (Å²) in [6.07, 6.45) is 6.23. The molecule has 4 aromatic rings. The summed E-state index contributed by atoms with van der Waals surface area (Å²) in [6.45, 7) is 8.69. The van der Waals surface area contributed by atoms with Crippen LogP contribution < -0.4 is 10.6 Å². The Bertz CT molecular complexity index is 1590. The number of halogens is 5. The zero-order valence-corrected chi connectivity index (χ0v) is 28.9. The molecule has 0 bridgehead atoms. The van der Waals surface area contributed by atoms with E-state index in [-0.39, 0.29) is 0 Å². The molecule has 1 aliphatic rings. The summed E-state index contributed by atoms with van der Waals surface area (Å²) in [4.78, 5) is 18.8. The van der Waals surface area contributed by atoms with Gasteiger partial charge in [-0.25, -0.2) is 22.0 Å². The van der Waals surface area contributed by atoms with Gasteiger partial charge in [-0.1, -0.05) is 85.3 Å². The van der Waals surface area contributed by atoms with Crippen LogP contribution in [0.5, 0.6) is 0 Å². The van der Waals surface area contributed by atoms with E-state index in [2.05, 4.69) is 52.6 Å². The minimum atomic E-state index is -2.13. The summed E-state index contributed by atoms with van der Waals surface area (Å²) >= 11 is 0.462. The van der Waals surface area contributed by atoms with Crippen molar-refractivity contribution in [2.24, 2.45) is 0 Å². The van der Waals surface area contributed by atoms with Crippen LogP contribution in [0.4, 0.5) is 27.6 Å². The second kappa shape index (κ2) is 23.8. The van der Waals surface area contributed by atoms with Gasteiger partial charge in [-0.3, -0.25) is 9.59 Å². The third kappa shape index (κ3) is 14.5. The van der Waals surface area contributed by atoms with Crippen molar-refractivity contribution in [3.05, 3.63) is 136 Å². The normalized spacial score (nSPS) is 11.6. The predicted molar refractivity (Wildman–Crippen MR) is 188 cm³/mol. The van der Waals surface area contributed by atoms with E-state index in [1.807, 2.05) is 61.5 Å². The van der Waals surface area contributed by atoms with Crippen molar-refractivity contribution in [2.45, 2.75) is 38.2 Å². The summed E-state index contributed by atoms with van der Waals surface area (Å²) in [5.74, 6) is -9.54. The molecule has 12 heteroatoms. The van der Waals surface area contributed by atoms with Crippen LogP contribution in [0.25, 0.3) is 5.57 Å². The molecular weight excluding hydrogens is 675 g/mol. The number of hydrogen-bond donors (Lipinski definition) is 2. The summed E-state index contributed by atoms with van der Waals surface area (Å²) in [7, 11) is 0. The van der Waals surface area contributed by atoms with Gasteiger partial charge >= 0.3 is 0 Å². The number of aryl methyl sites for hydroxylation is 1. The molecule has 4 aromatic carbocycles. The number of carbonyl (C=O) groups is 2. The fraction of sp³-hybridized carbons (Fsp3) is 0.263. The molecule has 1 amide bonds. The molecule has 2 N–H and O–H groups in total. The summed E-state index contributed by atoms with van der Waals surface area (Å²) in [5, 5.41) is 5.90. The maximum absolute atomic E-state index is 12.7. The monoisotopic (exact) mass is 716 g/mol. The van der Waals surface area contributed by atoms with Gasteiger partial charge in [0.1, 0.15) is 6.61 Å². The molecule has 1 aliphatic heterocycles. The number of benzene rings is 4. The minimum Gasteiger partial charge on any atom is -0.463 e. The number of thioether (sulfide) groups is 1. The maximum Gasteiger partial charge on any atom is 0.293 e. The number of ether oxygens (including phenoxy) is 2. The molecular formula is C38H41F5N2O4S. The van der Waals surface area contributed by atoms with Crippen molar-refractivity contribution in [2.75, 3.05) is 37.9 Å². The maximum atomic E-state index is 12.7. The lowest BCUT2D eigenvalue weighted by molar-refractivity contribution is -0.129. The molecule has 5 rings (SSSR count). The number of nitrogens with one attached hydrogen (secondary N) is 2. The quantitative estimate of drug-likeness (QED) is 0.0404. The first kappa shape index (κ1) is 41.7. The van der Waals surface area contributed by atoms with Crippen LogP contribution >= 0.6 is 11.8 Å². The molecule has 6 nitrogen and oxygen atoms in total. The van der Waals surface area contributed by atoms with E-state index in [0.29, 0.717) is 31.3 Å². The molecule has 0 saturated heterocycles. The number of amides is 1. The third-order valence-corrected chi connectivity index (χ3v) is 7.71. The number of likely N-dealkylation sites (N-methyl/N-ethyl adjacent to an activating group) is 1. The molecule has 0 spiro atoms. The Balaban J connectivity index is 0.000000237. The largest absolute Gasteiger partial charge is 0.463 e. The number of anilines is 1. The van der Waals surface area contributed by atoms with Crippen LogP contribution in [0.2, 0.25) is 0 Å². The van der Waals surface area contributed by atoms with Crippen LogP contribution in [-0.2, 0) is 32.1 Å². The van der Waals surface area contributed by atoms with Crippen molar-refractivity contribution in [1.29, 1.82) is 0 Å². The van der Waals surface area contributed by atoms with Crippen LogP contribution in [0.15, 0.2) is 89.8 Å². The average molecular weight is 717 g/mol. The van der Waals surface area contributed by atoms with E-state index >= 15 is 0 Å². The van der Waals surface area contributed by atoms with Gasteiger partial charge < -0.3 is 20.1 Å². The molecule has 0 fully saturated rings. The molecule has 0 saturated carbocycles. The van der Waals surface area contributed by atoms with Gasteiger partial charge in [-0.2, -0.15) is 0 Å². The SMILES string of the molecule is CCNCCc1ccc(C2=CCOCC2)cc1.CSc1c(F)c(F)c(F)c(F)c1F.Cc1ccc(NC=O)cc1.O=COCc1ccccc1. The van der Waals surface area contributed by atoms with Crippen molar-refractivity contribution in [1.82, 2.24) is 5.32 Å². The highest BCUT2D eigenvalue weighted by atomic mass is 32.2. The van der Waals surface area contributed by atoms with Gasteiger partial charge in [0, 0.05) is 5.69 Å². The Morgan fingerprint density at radius 3 is 1.96 bits per heavy atom. The predicted octanol–water partition coefficient (Wildman–Crippen LogP) is 8.67. The highest BCUT2D eigenvalue weighted by Gasteiger charge is 2.24. The fourth-order valence-corrected chi connectivity index (χ4v) is 4.81. The van der Waals surface area contributed by atoms with Gasteiger partial charge in [0.2, 0.25) is 12.2 Å². The van der Waals surface area contributed by atoms with Crippen molar-refractivity contribution in [3.63, 3.8) is 0 Å². The van der Waals surface area contributed by atoms with E-state index in [1.165, 1.54) is 28.5 Å². The van der Waals surface area contributed by atoms with Crippen molar-refractivity contribution < 1.29 is 41.0 Å². The Morgan fingerprint density at radius 2 is 1.44 bits per heavy atom. The highest BCUT2D eigenvalue weighted by Crippen LogP contribution is 2.29. The van der Waals surface area contributed by atoms with E-state index in [4.69, 9.17) is 4.74 Å². The third-order valence-electron chi connectivity index (χ3n) is 6.94. The molecule has 0 radical (unpaired) electrons. The second-order valence-corrected chi connectivity index (χ2v) is 11.3. The zero-order valence-electron chi connectivity index (χ0n) is 28.1. The first-order chi connectivity index (χ1) is 24.2. The first-order valence-corrected chi connectivity index (χ1v) is 16.9. The first-order valence-electron chi connectivity index (χ1n) is 15.6. The topological polar surface area (TPSA) is 76.7 Å². The molecule has 0 aromatic heterocycles. The summed E-state index contributed by atoms with van der Waals surface area (Å²) in [6, 6.07) is 26.1. The van der Waals surface area contributed by atoms with Gasteiger partial charge in [0.05, 0.1) is 18.1 Å². The molecule has 0 unspecified atom stereocenters. The summed E-state index contributed by atoms with van der Waals surface area (Å²) < 4.78 is 72.4. The number of carbonyl (C=O) groups excluding carboxylic acids is 2. The second-order valence-electron chi connectivity index (χ2n) is 10.5. The Labute approximate surface area is 294 Å². The molecule has 0 aliphatic carbocycles. The zero-order chi connectivity index (χ0) is 36.7. The number of hydrogen-bond acceptors (Lipinski definition) is 6. The Morgan fingerprint density at radius 1 is 0.820 bits per heavy atom. The van der Waals surface area contributed by atoms with Gasteiger partial charge in [-0.05, 0) is 73.5 Å². The van der Waals surface area contributed by atoms with Gasteiger partial charge in [-0.15, -0.1) is 11.8 Å². The lowest BCUT2D eigenvalue weighted by Crippen LogP contribution is -2.15. The molecule has 0 atom stereocenters. The molecule has 1 heterocycles. The van der Waals surface area contributed by atoms with Crippen LogP contribution in [-0.4, -0.2) is 45.4 Å². The lowest BCUT2D eigenvalue weighted by Gasteiger charge is -2.14. The van der Waals surface area contributed by atoms with E-state index in [1.54, 1.807) is 0 Å². The van der Waals surface area contributed by atoms with E-state index < -0.39 is 34.0 Å².